The molecule has 176 valence electrons. The molecule has 5 rings (SSSR count). The van der Waals surface area contributed by atoms with Gasteiger partial charge in [0.05, 0.1) is 31.5 Å². The Morgan fingerprint density at radius 3 is 2.71 bits per heavy atom. The first-order valence-corrected chi connectivity index (χ1v) is 11.7. The second-order valence-electron chi connectivity index (χ2n) is 8.56. The predicted molar refractivity (Wildman–Crippen MR) is 132 cm³/mol. The molecule has 4 aromatic rings. The Bertz CT molecular complexity index is 1220. The van der Waals surface area contributed by atoms with Crippen LogP contribution in [0.4, 0.5) is 6.01 Å². The number of rotatable bonds is 9. The van der Waals surface area contributed by atoms with Crippen molar-refractivity contribution < 1.29 is 13.9 Å². The lowest BCUT2D eigenvalue weighted by Crippen LogP contribution is -2.37. The Labute approximate surface area is 199 Å². The van der Waals surface area contributed by atoms with Crippen LogP contribution in [0.5, 0.6) is 5.75 Å². The van der Waals surface area contributed by atoms with Gasteiger partial charge >= 0.3 is 0 Å². The second kappa shape index (κ2) is 10.7. The zero-order chi connectivity index (χ0) is 23.2. The van der Waals surface area contributed by atoms with Gasteiger partial charge in [-0.3, -0.25) is 9.88 Å². The Hall–Kier alpha value is -3.42. The Kier molecular flexibility index (Phi) is 7.02. The van der Waals surface area contributed by atoms with E-state index in [4.69, 9.17) is 18.9 Å². The Balaban J connectivity index is 1.36. The van der Waals surface area contributed by atoms with Crippen molar-refractivity contribution in [1.82, 2.24) is 14.9 Å². The highest BCUT2D eigenvalue weighted by molar-refractivity contribution is 5.78. The summed E-state index contributed by atoms with van der Waals surface area (Å²) in [6.45, 7) is 5.83. The fraction of sp³-hybridized carbons (Fsp3) is 0.333. The Morgan fingerprint density at radius 2 is 1.85 bits per heavy atom. The third-order valence-electron chi connectivity index (χ3n) is 6.15. The van der Waals surface area contributed by atoms with E-state index in [0.29, 0.717) is 19.1 Å². The first-order chi connectivity index (χ1) is 16.8. The highest BCUT2D eigenvalue weighted by atomic mass is 16.5. The minimum absolute atomic E-state index is 0.626. The van der Waals surface area contributed by atoms with Gasteiger partial charge in [-0.05, 0) is 35.4 Å². The van der Waals surface area contributed by atoms with Gasteiger partial charge in [-0.15, -0.1) is 0 Å². The van der Waals surface area contributed by atoms with Crippen molar-refractivity contribution in [3.05, 3.63) is 83.9 Å². The number of benzene rings is 2. The van der Waals surface area contributed by atoms with Crippen molar-refractivity contribution in [2.75, 3.05) is 44.9 Å². The molecule has 1 aliphatic heterocycles. The van der Waals surface area contributed by atoms with Crippen LogP contribution in [-0.2, 0) is 24.2 Å². The maximum Gasteiger partial charge on any atom is 0.298 e. The maximum atomic E-state index is 5.98. The number of nitrogens with zero attached hydrogens (tertiary/aromatic N) is 4. The molecule has 0 aliphatic carbocycles. The molecule has 7 nitrogen and oxygen atoms in total. The number of methoxy groups -OCH3 is 1. The standard InChI is InChI=1S/C27H30N4O3/c1-32-25-6-2-4-21(16-25)18-31(19-22-7-8-23-5-3-10-28-26(23)17-22)27-29-24(20-34-27)9-11-30-12-14-33-15-13-30/h2-8,10,16-17,20H,9,11-15,18-19H2,1H3. The van der Waals surface area contributed by atoms with Crippen molar-refractivity contribution in [3.63, 3.8) is 0 Å². The van der Waals surface area contributed by atoms with Gasteiger partial charge in [-0.1, -0.05) is 30.3 Å². The lowest BCUT2D eigenvalue weighted by molar-refractivity contribution is 0.0383. The number of ether oxygens (including phenoxy) is 2. The molecule has 0 atom stereocenters. The van der Waals surface area contributed by atoms with Gasteiger partial charge in [-0.2, -0.15) is 4.98 Å². The van der Waals surface area contributed by atoms with Gasteiger partial charge < -0.3 is 18.8 Å². The molecule has 0 unspecified atom stereocenters. The van der Waals surface area contributed by atoms with E-state index in [1.165, 1.54) is 0 Å². The van der Waals surface area contributed by atoms with Crippen LogP contribution in [0.15, 0.2) is 71.5 Å². The summed E-state index contributed by atoms with van der Waals surface area (Å²) in [4.78, 5) is 13.9. The van der Waals surface area contributed by atoms with Crippen LogP contribution in [0.3, 0.4) is 0 Å². The van der Waals surface area contributed by atoms with E-state index >= 15 is 0 Å². The number of oxazole rings is 1. The molecule has 0 spiro atoms. The number of fused-ring (bicyclic) bond motifs is 1. The van der Waals surface area contributed by atoms with Crippen LogP contribution in [0.25, 0.3) is 10.9 Å². The second-order valence-corrected chi connectivity index (χ2v) is 8.56. The average Bonchev–Trinajstić information content (AvgIpc) is 3.37. The van der Waals surface area contributed by atoms with Crippen LogP contribution < -0.4 is 9.64 Å². The molecule has 1 aliphatic rings. The van der Waals surface area contributed by atoms with Gasteiger partial charge in [-0.25, -0.2) is 0 Å². The smallest absolute Gasteiger partial charge is 0.298 e. The zero-order valence-corrected chi connectivity index (χ0v) is 19.5. The normalized spacial score (nSPS) is 14.4. The first-order valence-electron chi connectivity index (χ1n) is 11.7. The van der Waals surface area contributed by atoms with E-state index in [-0.39, 0.29) is 0 Å². The number of morpholine rings is 1. The third kappa shape index (κ3) is 5.55. The fourth-order valence-corrected chi connectivity index (χ4v) is 4.27. The molecule has 0 bridgehead atoms. The van der Waals surface area contributed by atoms with Gasteiger partial charge in [0.2, 0.25) is 0 Å². The van der Waals surface area contributed by atoms with E-state index < -0.39 is 0 Å². The zero-order valence-electron chi connectivity index (χ0n) is 19.5. The number of anilines is 1. The molecule has 0 N–H and O–H groups in total. The summed E-state index contributed by atoms with van der Waals surface area (Å²) < 4.78 is 16.9. The molecule has 3 heterocycles. The molecule has 2 aromatic heterocycles. The van der Waals surface area contributed by atoms with Crippen molar-refractivity contribution in [3.8, 4) is 5.75 Å². The lowest BCUT2D eigenvalue weighted by Gasteiger charge is -2.26. The number of hydrogen-bond acceptors (Lipinski definition) is 7. The molecule has 1 saturated heterocycles. The van der Waals surface area contributed by atoms with Crippen LogP contribution >= 0.6 is 0 Å². The molecular formula is C27H30N4O3. The van der Waals surface area contributed by atoms with Crippen LogP contribution in [0.1, 0.15) is 16.8 Å². The average molecular weight is 459 g/mol. The predicted octanol–water partition coefficient (Wildman–Crippen LogP) is 4.31. The molecular weight excluding hydrogens is 428 g/mol. The quantitative estimate of drug-likeness (QED) is 0.370. The minimum atomic E-state index is 0.626. The fourth-order valence-electron chi connectivity index (χ4n) is 4.27. The summed E-state index contributed by atoms with van der Waals surface area (Å²) in [5.74, 6) is 0.839. The van der Waals surface area contributed by atoms with Gasteiger partial charge in [0.1, 0.15) is 12.0 Å². The highest BCUT2D eigenvalue weighted by Crippen LogP contribution is 2.23. The van der Waals surface area contributed by atoms with Crippen molar-refractivity contribution in [1.29, 1.82) is 0 Å². The first kappa shape index (κ1) is 22.4. The number of hydrogen-bond donors (Lipinski definition) is 0. The maximum absolute atomic E-state index is 5.98. The van der Waals surface area contributed by atoms with Crippen molar-refractivity contribution >= 4 is 16.9 Å². The third-order valence-corrected chi connectivity index (χ3v) is 6.15. The van der Waals surface area contributed by atoms with Crippen molar-refractivity contribution in [2.24, 2.45) is 0 Å². The van der Waals surface area contributed by atoms with E-state index in [1.54, 1.807) is 13.4 Å². The molecule has 0 radical (unpaired) electrons. The minimum Gasteiger partial charge on any atom is -0.497 e. The van der Waals surface area contributed by atoms with Gasteiger partial charge in [0.15, 0.2) is 0 Å². The van der Waals surface area contributed by atoms with E-state index in [1.807, 2.05) is 24.4 Å². The van der Waals surface area contributed by atoms with Crippen LogP contribution in [0, 0.1) is 0 Å². The summed E-state index contributed by atoms with van der Waals surface area (Å²) in [7, 11) is 1.69. The van der Waals surface area contributed by atoms with E-state index in [0.717, 1.165) is 72.7 Å². The summed E-state index contributed by atoms with van der Waals surface area (Å²) >= 11 is 0. The Morgan fingerprint density at radius 1 is 1.00 bits per heavy atom. The van der Waals surface area contributed by atoms with Crippen LogP contribution in [-0.4, -0.2) is 54.8 Å². The summed E-state index contributed by atoms with van der Waals surface area (Å²) in [6.07, 6.45) is 4.47. The molecule has 0 saturated carbocycles. The van der Waals surface area contributed by atoms with Crippen molar-refractivity contribution in [2.45, 2.75) is 19.5 Å². The lowest BCUT2D eigenvalue weighted by atomic mass is 10.1. The largest absolute Gasteiger partial charge is 0.497 e. The molecule has 34 heavy (non-hydrogen) atoms. The molecule has 0 amide bonds. The number of pyridine rings is 1. The summed E-state index contributed by atoms with van der Waals surface area (Å²) in [5.41, 5.74) is 4.24. The van der Waals surface area contributed by atoms with Gasteiger partial charge in [0, 0.05) is 50.7 Å². The monoisotopic (exact) mass is 458 g/mol. The number of aromatic nitrogens is 2. The van der Waals surface area contributed by atoms with Crippen LogP contribution in [0.2, 0.25) is 0 Å². The summed E-state index contributed by atoms with van der Waals surface area (Å²) in [5, 5.41) is 1.13. The highest BCUT2D eigenvalue weighted by Gasteiger charge is 2.17. The summed E-state index contributed by atoms with van der Waals surface area (Å²) in [6, 6.07) is 19.2. The SMILES string of the molecule is COc1cccc(CN(Cc2ccc3cccnc3c2)c2nc(CCN3CCOCC3)co2)c1. The van der Waals surface area contributed by atoms with Gasteiger partial charge in [0.25, 0.3) is 6.01 Å². The molecule has 2 aromatic carbocycles. The topological polar surface area (TPSA) is 63.9 Å². The van der Waals surface area contributed by atoms with E-state index in [2.05, 4.69) is 51.2 Å². The van der Waals surface area contributed by atoms with E-state index in [9.17, 15) is 0 Å². The molecule has 7 heteroatoms. The molecule has 1 fully saturated rings.